The van der Waals surface area contributed by atoms with Crippen molar-refractivity contribution < 1.29 is 9.53 Å². The number of primary amides is 1. The first-order valence-electron chi connectivity index (χ1n) is 5.88. The molecular formula is C14H21NO2. The summed E-state index contributed by atoms with van der Waals surface area (Å²) in [7, 11) is 1.66. The molecule has 0 aliphatic rings. The van der Waals surface area contributed by atoms with Crippen LogP contribution in [0.15, 0.2) is 12.1 Å². The average Bonchev–Trinajstić information content (AvgIpc) is 2.20. The minimum atomic E-state index is -0.292. The molecule has 0 heterocycles. The van der Waals surface area contributed by atoms with E-state index in [1.807, 2.05) is 19.1 Å². The summed E-state index contributed by atoms with van der Waals surface area (Å²) in [6.45, 7) is 6.28. The molecule has 17 heavy (non-hydrogen) atoms. The van der Waals surface area contributed by atoms with Crippen LogP contribution < -0.4 is 10.5 Å². The van der Waals surface area contributed by atoms with Gasteiger partial charge in [0.2, 0.25) is 5.91 Å². The summed E-state index contributed by atoms with van der Waals surface area (Å²) < 4.78 is 5.31. The number of hydrogen-bond acceptors (Lipinski definition) is 2. The molecule has 1 aromatic rings. The van der Waals surface area contributed by atoms with E-state index in [1.165, 1.54) is 0 Å². The number of methoxy groups -OCH3 is 1. The first kappa shape index (κ1) is 13.6. The Morgan fingerprint density at radius 3 is 2.47 bits per heavy atom. The van der Waals surface area contributed by atoms with Crippen LogP contribution in [-0.2, 0) is 17.6 Å². The molecule has 0 saturated heterocycles. The molecule has 0 aromatic heterocycles. The lowest BCUT2D eigenvalue weighted by atomic mass is 9.94. The summed E-state index contributed by atoms with van der Waals surface area (Å²) in [4.78, 5) is 11.1. The number of carbonyl (C=O) groups excluding carboxylic acids is 1. The topological polar surface area (TPSA) is 52.3 Å². The summed E-state index contributed by atoms with van der Waals surface area (Å²) in [5.74, 6) is 1.11. The van der Waals surface area contributed by atoms with Crippen LogP contribution in [0.25, 0.3) is 0 Å². The zero-order valence-electron chi connectivity index (χ0n) is 11.0. The molecule has 0 spiro atoms. The Morgan fingerprint density at radius 2 is 2.00 bits per heavy atom. The highest BCUT2D eigenvalue weighted by Crippen LogP contribution is 2.25. The third-order valence-corrected chi connectivity index (χ3v) is 2.71. The molecular weight excluding hydrogens is 214 g/mol. The Morgan fingerprint density at radius 1 is 1.35 bits per heavy atom. The first-order valence-corrected chi connectivity index (χ1v) is 5.88. The van der Waals surface area contributed by atoms with E-state index in [-0.39, 0.29) is 5.91 Å². The number of aryl methyl sites for hydroxylation is 1. The fraction of sp³-hybridized carbons (Fsp3) is 0.500. The smallest absolute Gasteiger partial charge is 0.221 e. The third kappa shape index (κ3) is 3.77. The molecule has 2 N–H and O–H groups in total. The van der Waals surface area contributed by atoms with Gasteiger partial charge in [-0.15, -0.1) is 0 Å². The number of amides is 1. The Kier molecular flexibility index (Phi) is 4.55. The minimum absolute atomic E-state index is 0.292. The standard InChI is InChI=1S/C14H21NO2/c1-9(2)5-11-7-13(17-4)10(3)6-12(11)8-14(15)16/h6-7,9H,5,8H2,1-4H3,(H2,15,16). The van der Waals surface area contributed by atoms with E-state index >= 15 is 0 Å². The molecule has 0 aliphatic heterocycles. The van der Waals surface area contributed by atoms with Crippen molar-refractivity contribution in [2.75, 3.05) is 7.11 Å². The molecule has 1 aromatic carbocycles. The second-order valence-corrected chi connectivity index (χ2v) is 4.83. The monoisotopic (exact) mass is 235 g/mol. The van der Waals surface area contributed by atoms with Gasteiger partial charge in [0.1, 0.15) is 5.75 Å². The van der Waals surface area contributed by atoms with Gasteiger partial charge in [-0.25, -0.2) is 0 Å². The maximum atomic E-state index is 11.1. The van der Waals surface area contributed by atoms with Gasteiger partial charge in [-0.2, -0.15) is 0 Å². The highest BCUT2D eigenvalue weighted by Gasteiger charge is 2.11. The second kappa shape index (κ2) is 5.71. The summed E-state index contributed by atoms with van der Waals surface area (Å²) in [6.07, 6.45) is 1.23. The van der Waals surface area contributed by atoms with E-state index in [1.54, 1.807) is 7.11 Å². The van der Waals surface area contributed by atoms with Crippen LogP contribution in [-0.4, -0.2) is 13.0 Å². The quantitative estimate of drug-likeness (QED) is 0.850. The Labute approximate surface area is 103 Å². The van der Waals surface area contributed by atoms with E-state index in [2.05, 4.69) is 13.8 Å². The van der Waals surface area contributed by atoms with Gasteiger partial charge in [-0.05, 0) is 42.0 Å². The molecule has 1 rings (SSSR count). The molecule has 0 aliphatic carbocycles. The van der Waals surface area contributed by atoms with Crippen LogP contribution in [0.4, 0.5) is 0 Å². The van der Waals surface area contributed by atoms with Crippen molar-refractivity contribution in [1.29, 1.82) is 0 Å². The van der Waals surface area contributed by atoms with Crippen LogP contribution in [0, 0.1) is 12.8 Å². The van der Waals surface area contributed by atoms with Crippen molar-refractivity contribution in [2.24, 2.45) is 11.7 Å². The number of carbonyl (C=O) groups is 1. The third-order valence-electron chi connectivity index (χ3n) is 2.71. The fourth-order valence-corrected chi connectivity index (χ4v) is 1.99. The SMILES string of the molecule is COc1cc(CC(C)C)c(CC(N)=O)cc1C. The van der Waals surface area contributed by atoms with Gasteiger partial charge in [0, 0.05) is 0 Å². The predicted octanol–water partition coefficient (Wildman–Crippen LogP) is 2.23. The van der Waals surface area contributed by atoms with Crippen molar-refractivity contribution in [3.05, 3.63) is 28.8 Å². The maximum absolute atomic E-state index is 11.1. The molecule has 1 amide bonds. The van der Waals surface area contributed by atoms with Crippen LogP contribution in [0.2, 0.25) is 0 Å². The molecule has 3 nitrogen and oxygen atoms in total. The zero-order valence-corrected chi connectivity index (χ0v) is 11.0. The lowest BCUT2D eigenvalue weighted by Gasteiger charge is -2.14. The normalized spacial score (nSPS) is 10.6. The first-order chi connectivity index (χ1) is 7.93. The lowest BCUT2D eigenvalue weighted by molar-refractivity contribution is -0.117. The molecule has 0 bridgehead atoms. The summed E-state index contributed by atoms with van der Waals surface area (Å²) in [6, 6.07) is 4.02. The van der Waals surface area contributed by atoms with Crippen molar-refractivity contribution in [3.8, 4) is 5.75 Å². The van der Waals surface area contributed by atoms with E-state index in [0.29, 0.717) is 12.3 Å². The molecule has 0 saturated carbocycles. The van der Waals surface area contributed by atoms with Crippen LogP contribution >= 0.6 is 0 Å². The Bertz CT molecular complexity index is 411. The van der Waals surface area contributed by atoms with Gasteiger partial charge in [0.05, 0.1) is 13.5 Å². The highest BCUT2D eigenvalue weighted by atomic mass is 16.5. The molecule has 3 heteroatoms. The van der Waals surface area contributed by atoms with Crippen molar-refractivity contribution in [2.45, 2.75) is 33.6 Å². The number of nitrogens with two attached hydrogens (primary N) is 1. The van der Waals surface area contributed by atoms with Crippen LogP contribution in [0.3, 0.4) is 0 Å². The summed E-state index contributed by atoms with van der Waals surface area (Å²) in [5, 5.41) is 0. The van der Waals surface area contributed by atoms with Crippen molar-refractivity contribution >= 4 is 5.91 Å². The van der Waals surface area contributed by atoms with Gasteiger partial charge in [-0.3, -0.25) is 4.79 Å². The lowest BCUT2D eigenvalue weighted by Crippen LogP contribution is -2.15. The summed E-state index contributed by atoms with van der Waals surface area (Å²) >= 11 is 0. The van der Waals surface area contributed by atoms with Crippen LogP contribution in [0.5, 0.6) is 5.75 Å². The van der Waals surface area contributed by atoms with Crippen molar-refractivity contribution in [1.82, 2.24) is 0 Å². The zero-order chi connectivity index (χ0) is 13.0. The number of benzene rings is 1. The molecule has 0 fully saturated rings. The minimum Gasteiger partial charge on any atom is -0.496 e. The summed E-state index contributed by atoms with van der Waals surface area (Å²) in [5.41, 5.74) is 8.48. The Balaban J connectivity index is 3.15. The van der Waals surface area contributed by atoms with Gasteiger partial charge in [-0.1, -0.05) is 19.9 Å². The maximum Gasteiger partial charge on any atom is 0.221 e. The highest BCUT2D eigenvalue weighted by molar-refractivity contribution is 5.77. The average molecular weight is 235 g/mol. The van der Waals surface area contributed by atoms with Crippen LogP contribution in [0.1, 0.15) is 30.5 Å². The predicted molar refractivity (Wildman–Crippen MR) is 69.2 cm³/mol. The Hall–Kier alpha value is -1.51. The van der Waals surface area contributed by atoms with E-state index in [9.17, 15) is 4.79 Å². The second-order valence-electron chi connectivity index (χ2n) is 4.83. The van der Waals surface area contributed by atoms with Crippen molar-refractivity contribution in [3.63, 3.8) is 0 Å². The van der Waals surface area contributed by atoms with E-state index in [0.717, 1.165) is 28.9 Å². The number of hydrogen-bond donors (Lipinski definition) is 1. The number of ether oxygens (including phenoxy) is 1. The van der Waals surface area contributed by atoms with Gasteiger partial charge in [0.25, 0.3) is 0 Å². The van der Waals surface area contributed by atoms with Gasteiger partial charge in [0.15, 0.2) is 0 Å². The number of rotatable bonds is 5. The molecule has 0 unspecified atom stereocenters. The largest absolute Gasteiger partial charge is 0.496 e. The fourth-order valence-electron chi connectivity index (χ4n) is 1.99. The molecule has 94 valence electrons. The van der Waals surface area contributed by atoms with Gasteiger partial charge < -0.3 is 10.5 Å². The molecule has 0 atom stereocenters. The van der Waals surface area contributed by atoms with Gasteiger partial charge >= 0.3 is 0 Å². The molecule has 0 radical (unpaired) electrons. The van der Waals surface area contributed by atoms with E-state index in [4.69, 9.17) is 10.5 Å². The van der Waals surface area contributed by atoms with E-state index < -0.39 is 0 Å².